The van der Waals surface area contributed by atoms with E-state index in [2.05, 4.69) is 5.32 Å². The lowest BCUT2D eigenvalue weighted by Gasteiger charge is -2.25. The van der Waals surface area contributed by atoms with Crippen molar-refractivity contribution in [2.45, 2.75) is 25.3 Å². The second-order valence-electron chi connectivity index (χ2n) is 4.70. The topological polar surface area (TPSA) is 38.0 Å². The molecule has 1 heterocycles. The highest BCUT2D eigenvalue weighted by Crippen LogP contribution is 2.26. The molecule has 1 aliphatic heterocycles. The maximum Gasteiger partial charge on any atom is 0.128 e. The summed E-state index contributed by atoms with van der Waals surface area (Å²) in [5.74, 6) is -0.330. The summed E-state index contributed by atoms with van der Waals surface area (Å²) in [4.78, 5) is 0. The van der Waals surface area contributed by atoms with Crippen molar-refractivity contribution in [2.75, 3.05) is 13.1 Å². The van der Waals surface area contributed by atoms with Gasteiger partial charge in [0.05, 0.1) is 0 Å². The monoisotopic (exact) mass is 240 g/mol. The van der Waals surface area contributed by atoms with Crippen LogP contribution in [-0.4, -0.2) is 13.1 Å². The molecule has 0 saturated carbocycles. The largest absolute Gasteiger partial charge is 0.324 e. The first-order valence-electron chi connectivity index (χ1n) is 6.08. The molecule has 1 unspecified atom stereocenters. The van der Waals surface area contributed by atoms with E-state index in [4.69, 9.17) is 5.73 Å². The third-order valence-corrected chi connectivity index (χ3v) is 3.40. The zero-order valence-electron chi connectivity index (χ0n) is 9.76. The van der Waals surface area contributed by atoms with Crippen molar-refractivity contribution in [2.24, 2.45) is 11.7 Å². The average molecular weight is 240 g/mol. The quantitative estimate of drug-likeness (QED) is 0.851. The predicted octanol–water partition coefficient (Wildman–Crippen LogP) is 2.35. The molecule has 0 amide bonds. The highest BCUT2D eigenvalue weighted by molar-refractivity contribution is 5.22. The summed E-state index contributed by atoms with van der Waals surface area (Å²) in [6.45, 7) is 1.98. The van der Waals surface area contributed by atoms with Gasteiger partial charge in [0.1, 0.15) is 11.6 Å². The van der Waals surface area contributed by atoms with E-state index in [1.54, 1.807) is 0 Å². The van der Waals surface area contributed by atoms with Crippen molar-refractivity contribution in [1.82, 2.24) is 5.32 Å². The summed E-state index contributed by atoms with van der Waals surface area (Å²) in [5.41, 5.74) is 6.26. The molecule has 0 bridgehead atoms. The highest BCUT2D eigenvalue weighted by atomic mass is 19.1. The fourth-order valence-corrected chi connectivity index (χ4v) is 2.40. The molecule has 1 atom stereocenters. The number of hydrogen-bond acceptors (Lipinski definition) is 2. The predicted molar refractivity (Wildman–Crippen MR) is 63.5 cm³/mol. The molecule has 1 aliphatic rings. The molecule has 2 nitrogen and oxygen atoms in total. The second-order valence-corrected chi connectivity index (χ2v) is 4.70. The minimum absolute atomic E-state index is 0.295. The summed E-state index contributed by atoms with van der Waals surface area (Å²) in [6, 6.07) is 3.07. The maximum atomic E-state index is 13.5. The van der Waals surface area contributed by atoms with Crippen LogP contribution in [0.25, 0.3) is 0 Å². The Morgan fingerprint density at radius 1 is 1.29 bits per heavy atom. The minimum atomic E-state index is -0.429. The number of nitrogens with one attached hydrogen (secondary N) is 1. The number of benzene rings is 1. The number of halogens is 2. The molecule has 1 saturated heterocycles. The number of piperidine rings is 1. The van der Waals surface area contributed by atoms with Gasteiger partial charge in [0.25, 0.3) is 0 Å². The molecule has 0 aromatic heterocycles. The zero-order valence-corrected chi connectivity index (χ0v) is 9.76. The van der Waals surface area contributed by atoms with Crippen LogP contribution in [0.3, 0.4) is 0 Å². The Bertz CT molecular complexity index is 376. The van der Waals surface area contributed by atoms with Crippen LogP contribution < -0.4 is 11.1 Å². The number of nitrogens with two attached hydrogens (primary N) is 1. The molecule has 1 aromatic carbocycles. The van der Waals surface area contributed by atoms with E-state index >= 15 is 0 Å². The first kappa shape index (κ1) is 12.5. The lowest BCUT2D eigenvalue weighted by atomic mass is 9.88. The smallest absolute Gasteiger partial charge is 0.128 e. The Kier molecular flexibility index (Phi) is 4.07. The molecular formula is C13H18F2N2. The van der Waals surface area contributed by atoms with Crippen molar-refractivity contribution in [3.63, 3.8) is 0 Å². The SMILES string of the molecule is NC(CC1CCNCC1)c1cc(F)ccc1F. The Morgan fingerprint density at radius 3 is 2.71 bits per heavy atom. The van der Waals surface area contributed by atoms with Gasteiger partial charge in [-0.3, -0.25) is 0 Å². The van der Waals surface area contributed by atoms with Crippen molar-refractivity contribution < 1.29 is 8.78 Å². The van der Waals surface area contributed by atoms with Crippen molar-refractivity contribution >= 4 is 0 Å². The molecule has 94 valence electrons. The van der Waals surface area contributed by atoms with Crippen LogP contribution in [0.15, 0.2) is 18.2 Å². The van der Waals surface area contributed by atoms with E-state index in [1.807, 2.05) is 0 Å². The van der Waals surface area contributed by atoms with E-state index < -0.39 is 17.7 Å². The van der Waals surface area contributed by atoms with Crippen LogP contribution in [0.1, 0.15) is 30.9 Å². The molecule has 0 spiro atoms. The summed E-state index contributed by atoms with van der Waals surface area (Å²) in [5, 5.41) is 3.27. The van der Waals surface area contributed by atoms with E-state index in [1.165, 1.54) is 6.07 Å². The van der Waals surface area contributed by atoms with Crippen molar-refractivity contribution in [3.8, 4) is 0 Å². The molecule has 2 rings (SSSR count). The van der Waals surface area contributed by atoms with Gasteiger partial charge in [0.2, 0.25) is 0 Å². The molecule has 1 aromatic rings. The van der Waals surface area contributed by atoms with Gasteiger partial charge >= 0.3 is 0 Å². The Morgan fingerprint density at radius 2 is 2.00 bits per heavy atom. The summed E-state index contributed by atoms with van der Waals surface area (Å²) in [7, 11) is 0. The van der Waals surface area contributed by atoms with E-state index in [0.717, 1.165) is 44.5 Å². The first-order chi connectivity index (χ1) is 8.16. The second kappa shape index (κ2) is 5.56. The van der Waals surface area contributed by atoms with E-state index in [-0.39, 0.29) is 0 Å². The lowest BCUT2D eigenvalue weighted by molar-refractivity contribution is 0.330. The fourth-order valence-electron chi connectivity index (χ4n) is 2.40. The Labute approximate surface area is 100 Å². The maximum absolute atomic E-state index is 13.5. The van der Waals surface area contributed by atoms with Gasteiger partial charge in [-0.2, -0.15) is 0 Å². The van der Waals surface area contributed by atoms with Gasteiger partial charge in [0, 0.05) is 11.6 Å². The fraction of sp³-hybridized carbons (Fsp3) is 0.538. The van der Waals surface area contributed by atoms with Crippen molar-refractivity contribution in [1.29, 1.82) is 0 Å². The average Bonchev–Trinajstić information content (AvgIpc) is 2.33. The first-order valence-corrected chi connectivity index (χ1v) is 6.08. The van der Waals surface area contributed by atoms with E-state index in [0.29, 0.717) is 11.5 Å². The van der Waals surface area contributed by atoms with Gasteiger partial charge in [-0.05, 0) is 56.5 Å². The number of rotatable bonds is 3. The molecule has 0 radical (unpaired) electrons. The molecule has 4 heteroatoms. The van der Waals surface area contributed by atoms with Crippen molar-refractivity contribution in [3.05, 3.63) is 35.4 Å². The molecular weight excluding hydrogens is 222 g/mol. The third-order valence-electron chi connectivity index (χ3n) is 3.40. The molecule has 0 aliphatic carbocycles. The van der Waals surface area contributed by atoms with E-state index in [9.17, 15) is 8.78 Å². The summed E-state index contributed by atoms with van der Waals surface area (Å²) >= 11 is 0. The number of hydrogen-bond donors (Lipinski definition) is 2. The normalized spacial score (nSPS) is 19.2. The van der Waals surface area contributed by atoms with Gasteiger partial charge in [-0.25, -0.2) is 8.78 Å². The molecule has 1 fully saturated rings. The Balaban J connectivity index is 2.02. The zero-order chi connectivity index (χ0) is 12.3. The standard InChI is InChI=1S/C13H18F2N2/c14-10-1-2-12(15)11(8-10)13(16)7-9-3-5-17-6-4-9/h1-2,8-9,13,17H,3-7,16H2. The summed E-state index contributed by atoms with van der Waals surface area (Å²) < 4.78 is 26.6. The van der Waals surface area contributed by atoms with Gasteiger partial charge in [0.15, 0.2) is 0 Å². The molecule has 17 heavy (non-hydrogen) atoms. The van der Waals surface area contributed by atoms with Crippen LogP contribution in [0.4, 0.5) is 8.78 Å². The van der Waals surface area contributed by atoms with Crippen LogP contribution >= 0.6 is 0 Å². The summed E-state index contributed by atoms with van der Waals surface area (Å²) in [6.07, 6.45) is 2.84. The van der Waals surface area contributed by atoms with Crippen LogP contribution in [0.2, 0.25) is 0 Å². The highest BCUT2D eigenvalue weighted by Gasteiger charge is 2.19. The van der Waals surface area contributed by atoms with Crippen LogP contribution in [0, 0.1) is 17.6 Å². The lowest BCUT2D eigenvalue weighted by Crippen LogP contribution is -2.29. The van der Waals surface area contributed by atoms with Gasteiger partial charge in [-0.15, -0.1) is 0 Å². The minimum Gasteiger partial charge on any atom is -0.324 e. The van der Waals surface area contributed by atoms with Gasteiger partial charge in [-0.1, -0.05) is 0 Å². The third kappa shape index (κ3) is 3.23. The van der Waals surface area contributed by atoms with Crippen LogP contribution in [0.5, 0.6) is 0 Å². The van der Waals surface area contributed by atoms with Crippen LogP contribution in [-0.2, 0) is 0 Å². The molecule has 3 N–H and O–H groups in total. The van der Waals surface area contributed by atoms with Gasteiger partial charge < -0.3 is 11.1 Å². The Hall–Kier alpha value is -1.00.